The Kier molecular flexibility index (Phi) is 17.1. The molecule has 4 aromatic carbocycles. The number of hydrogen-bond acceptors (Lipinski definition) is 13. The molecule has 0 aliphatic carbocycles. The number of morpholine rings is 1. The summed E-state index contributed by atoms with van der Waals surface area (Å²) in [4.78, 5) is 24.5. The van der Waals surface area contributed by atoms with Crippen molar-refractivity contribution in [3.05, 3.63) is 118 Å². The molecule has 1 amide bonds. The van der Waals surface area contributed by atoms with Crippen molar-refractivity contribution < 1.29 is 37.4 Å². The van der Waals surface area contributed by atoms with E-state index in [1.54, 1.807) is 17.4 Å². The van der Waals surface area contributed by atoms with E-state index in [4.69, 9.17) is 33.2 Å². The van der Waals surface area contributed by atoms with Gasteiger partial charge >= 0.3 is 0 Å². The SMILES string of the molecule is CCn1c2ccc(CNCCOCCOCCOCCNC(=O)COc3ccc(CCc4nc5cc(-c6c(C)noc6C)ccc5n4CCN4CCOCC4)cc3F)cc2c2ccc(-c3cscn3)cc21. The molecule has 0 unspecified atom stereocenters. The van der Waals surface area contributed by atoms with Crippen molar-refractivity contribution in [1.29, 1.82) is 0 Å². The summed E-state index contributed by atoms with van der Waals surface area (Å²) in [6, 6.07) is 24.5. The second-order valence-electron chi connectivity index (χ2n) is 17.7. The number of carbonyl (C=O) groups excluding carboxylic acids is 1. The van der Waals surface area contributed by atoms with Gasteiger partial charge in [0.2, 0.25) is 0 Å². The summed E-state index contributed by atoms with van der Waals surface area (Å²) >= 11 is 1.61. The number of nitrogens with zero attached hydrogens (tertiary/aromatic N) is 6. The number of benzene rings is 4. The molecule has 1 fully saturated rings. The lowest BCUT2D eigenvalue weighted by atomic mass is 10.0. The fraction of sp³-hybridized carbons (Fsp3) is 0.407. The van der Waals surface area contributed by atoms with Crippen LogP contribution in [0, 0.1) is 19.7 Å². The third kappa shape index (κ3) is 12.5. The van der Waals surface area contributed by atoms with E-state index < -0.39 is 5.82 Å². The second-order valence-corrected chi connectivity index (χ2v) is 18.4. The van der Waals surface area contributed by atoms with Crippen LogP contribution in [-0.4, -0.2) is 127 Å². The van der Waals surface area contributed by atoms with Crippen molar-refractivity contribution in [1.82, 2.24) is 39.8 Å². The van der Waals surface area contributed by atoms with Crippen molar-refractivity contribution in [2.24, 2.45) is 0 Å². The van der Waals surface area contributed by atoms with Crippen LogP contribution in [0.1, 0.15) is 35.3 Å². The normalized spacial score (nSPS) is 13.3. The van der Waals surface area contributed by atoms with Crippen molar-refractivity contribution in [3.8, 4) is 28.1 Å². The zero-order valence-corrected chi connectivity index (χ0v) is 41.7. The maximum atomic E-state index is 15.2. The van der Waals surface area contributed by atoms with E-state index >= 15 is 4.39 Å². The standard InChI is InChI=1S/C54H63FN8O7S/c1-4-62-48-11-5-40(29-44(48)43-10-8-41(32-50(43)62)47-35-71-36-58-47)33-56-15-21-65-25-27-68-28-26-66-22-16-57-53(64)34-69-51-13-6-39(30-45(51)55)7-14-52-59-46-31-42(54-37(2)60-70-38(54)3)9-12-49(46)63(52)18-17-61-19-23-67-24-20-61/h5-6,8-13,29-32,35-36,56H,4,7,14-28,33-34H2,1-3H3,(H,57,64). The Hall–Kier alpha value is -6.05. The van der Waals surface area contributed by atoms with E-state index in [0.29, 0.717) is 59.0 Å². The zero-order chi connectivity index (χ0) is 48.9. The smallest absolute Gasteiger partial charge is 0.258 e. The number of aryl methyl sites for hydroxylation is 5. The first-order valence-corrected chi connectivity index (χ1v) is 25.5. The lowest BCUT2D eigenvalue weighted by Crippen LogP contribution is -2.38. The number of carbonyl (C=O) groups is 1. The molecule has 0 radical (unpaired) electrons. The predicted molar refractivity (Wildman–Crippen MR) is 275 cm³/mol. The molecule has 4 aromatic heterocycles. The molecule has 0 saturated carbocycles. The summed E-state index contributed by atoms with van der Waals surface area (Å²) in [7, 11) is 0. The fourth-order valence-corrected chi connectivity index (χ4v) is 9.86. The van der Waals surface area contributed by atoms with E-state index in [0.717, 1.165) is 115 Å². The molecule has 0 spiro atoms. The van der Waals surface area contributed by atoms with Crippen LogP contribution in [0.25, 0.3) is 55.2 Å². The molecule has 1 aliphatic heterocycles. The average molecular weight is 987 g/mol. The van der Waals surface area contributed by atoms with Crippen LogP contribution in [0.15, 0.2) is 88.2 Å². The van der Waals surface area contributed by atoms with Gasteiger partial charge in [-0.1, -0.05) is 35.5 Å². The van der Waals surface area contributed by atoms with Crippen molar-refractivity contribution in [2.45, 2.75) is 53.2 Å². The molecule has 1 aliphatic rings. The van der Waals surface area contributed by atoms with Crippen LogP contribution in [0.2, 0.25) is 0 Å². The number of aromatic nitrogens is 5. The first kappa shape index (κ1) is 49.9. The van der Waals surface area contributed by atoms with E-state index in [-0.39, 0.29) is 18.3 Å². The molecule has 5 heterocycles. The van der Waals surface area contributed by atoms with Gasteiger partial charge in [-0.25, -0.2) is 14.4 Å². The Bertz CT molecular complexity index is 3000. The topological polar surface area (TPSA) is 152 Å². The van der Waals surface area contributed by atoms with Gasteiger partial charge in [-0.15, -0.1) is 11.3 Å². The summed E-state index contributed by atoms with van der Waals surface area (Å²) < 4.78 is 53.4. The second kappa shape index (κ2) is 24.4. The highest BCUT2D eigenvalue weighted by molar-refractivity contribution is 7.07. The zero-order valence-electron chi connectivity index (χ0n) is 40.8. The molecule has 0 bridgehead atoms. The minimum atomic E-state index is -0.519. The van der Waals surface area contributed by atoms with E-state index in [1.165, 1.54) is 33.4 Å². The fourth-order valence-electron chi connectivity index (χ4n) is 9.30. The number of thiazole rings is 1. The van der Waals surface area contributed by atoms with Gasteiger partial charge in [0.1, 0.15) is 11.6 Å². The van der Waals surface area contributed by atoms with Gasteiger partial charge in [-0.2, -0.15) is 0 Å². The number of fused-ring (bicyclic) bond motifs is 4. The molecule has 1 saturated heterocycles. The molecule has 8 aromatic rings. The monoisotopic (exact) mass is 986 g/mol. The molecule has 374 valence electrons. The Balaban J connectivity index is 0.630. The lowest BCUT2D eigenvalue weighted by molar-refractivity contribution is -0.123. The van der Waals surface area contributed by atoms with Crippen LogP contribution in [0.3, 0.4) is 0 Å². The van der Waals surface area contributed by atoms with Gasteiger partial charge in [0.25, 0.3) is 5.91 Å². The Labute approximate surface area is 417 Å². The highest BCUT2D eigenvalue weighted by atomic mass is 32.1. The first-order valence-electron chi connectivity index (χ1n) is 24.6. The lowest BCUT2D eigenvalue weighted by Gasteiger charge is -2.27. The van der Waals surface area contributed by atoms with Crippen molar-refractivity contribution in [2.75, 3.05) is 92.2 Å². The third-order valence-corrected chi connectivity index (χ3v) is 13.5. The van der Waals surface area contributed by atoms with Gasteiger partial charge < -0.3 is 48.0 Å². The van der Waals surface area contributed by atoms with E-state index in [1.807, 2.05) is 25.4 Å². The summed E-state index contributed by atoms with van der Waals surface area (Å²) in [5.41, 5.74) is 13.3. The summed E-state index contributed by atoms with van der Waals surface area (Å²) in [6.07, 6.45) is 1.20. The predicted octanol–water partition coefficient (Wildman–Crippen LogP) is 8.15. The highest BCUT2D eigenvalue weighted by Gasteiger charge is 2.19. The van der Waals surface area contributed by atoms with Crippen molar-refractivity contribution >= 4 is 50.1 Å². The Morgan fingerprint density at radius 1 is 0.789 bits per heavy atom. The Morgan fingerprint density at radius 3 is 2.32 bits per heavy atom. The third-order valence-electron chi connectivity index (χ3n) is 12.9. The van der Waals surface area contributed by atoms with Crippen LogP contribution < -0.4 is 15.4 Å². The molecular weight excluding hydrogens is 924 g/mol. The van der Waals surface area contributed by atoms with E-state index in [9.17, 15) is 4.79 Å². The maximum Gasteiger partial charge on any atom is 0.258 e. The largest absolute Gasteiger partial charge is 0.481 e. The molecular formula is C54H63FN8O7S. The molecule has 2 N–H and O–H groups in total. The average Bonchev–Trinajstić information content (AvgIpc) is 4.19. The summed E-state index contributed by atoms with van der Waals surface area (Å²) in [6.45, 7) is 16.0. The number of halogens is 1. The number of amides is 1. The van der Waals surface area contributed by atoms with Crippen molar-refractivity contribution in [3.63, 3.8) is 0 Å². The molecule has 15 nitrogen and oxygen atoms in total. The number of hydrogen-bond donors (Lipinski definition) is 2. The number of nitrogens with one attached hydrogen (secondary N) is 2. The molecule has 9 rings (SSSR count). The summed E-state index contributed by atoms with van der Waals surface area (Å²) in [5, 5.41) is 15.0. The van der Waals surface area contributed by atoms with Gasteiger partial charge in [-0.3, -0.25) is 9.69 Å². The molecule has 71 heavy (non-hydrogen) atoms. The maximum absolute atomic E-state index is 15.2. The van der Waals surface area contributed by atoms with Crippen LogP contribution in [0.4, 0.5) is 4.39 Å². The first-order chi connectivity index (χ1) is 34.8. The number of ether oxygens (including phenoxy) is 5. The van der Waals surface area contributed by atoms with Crippen LogP contribution >= 0.6 is 11.3 Å². The molecule has 0 atom stereocenters. The number of imidazole rings is 1. The van der Waals surface area contributed by atoms with Crippen LogP contribution in [0.5, 0.6) is 5.75 Å². The minimum absolute atomic E-state index is 0.0230. The number of rotatable bonds is 26. The van der Waals surface area contributed by atoms with Gasteiger partial charge in [-0.05, 0) is 86.3 Å². The molecule has 17 heteroatoms. The van der Waals surface area contributed by atoms with Gasteiger partial charge in [0.05, 0.1) is 80.8 Å². The Morgan fingerprint density at radius 2 is 1.56 bits per heavy atom. The summed E-state index contributed by atoms with van der Waals surface area (Å²) in [5.74, 6) is 0.844. The quantitative estimate of drug-likeness (QED) is 0.0504. The van der Waals surface area contributed by atoms with E-state index in [2.05, 4.69) is 102 Å². The van der Waals surface area contributed by atoms with Gasteiger partial charge in [0, 0.05) is 97.1 Å². The minimum Gasteiger partial charge on any atom is -0.481 e. The van der Waals surface area contributed by atoms with Crippen LogP contribution in [-0.2, 0) is 56.2 Å². The van der Waals surface area contributed by atoms with Gasteiger partial charge in [0.15, 0.2) is 18.2 Å². The highest BCUT2D eigenvalue weighted by Crippen LogP contribution is 2.34.